The van der Waals surface area contributed by atoms with Crippen LogP contribution >= 0.6 is 11.3 Å². The smallest absolute Gasteiger partial charge is 0.120 e. The van der Waals surface area contributed by atoms with E-state index in [4.69, 9.17) is 5.73 Å². The summed E-state index contributed by atoms with van der Waals surface area (Å²) in [5.74, 6) is 0. The summed E-state index contributed by atoms with van der Waals surface area (Å²) >= 11 is 1.59. The van der Waals surface area contributed by atoms with Crippen molar-refractivity contribution >= 4 is 21.9 Å². The average molecular weight is 180 g/mol. The molecular weight excluding hydrogens is 168 g/mol. The normalized spacial score (nSPS) is 17.5. The van der Waals surface area contributed by atoms with E-state index in [1.807, 2.05) is 0 Å². The number of aromatic nitrogens is 1. The van der Waals surface area contributed by atoms with Crippen LogP contribution in [0.4, 0.5) is 5.00 Å². The maximum absolute atomic E-state index is 5.61. The van der Waals surface area contributed by atoms with Crippen LogP contribution in [-0.4, -0.2) is 4.98 Å². The van der Waals surface area contributed by atoms with Gasteiger partial charge in [0.2, 0.25) is 0 Å². The highest BCUT2D eigenvalue weighted by Crippen LogP contribution is 2.30. The average Bonchev–Trinajstić information content (AvgIpc) is 2.54. The van der Waals surface area contributed by atoms with Crippen molar-refractivity contribution in [2.45, 2.75) is 25.7 Å². The summed E-state index contributed by atoms with van der Waals surface area (Å²) in [6, 6.07) is 0. The van der Waals surface area contributed by atoms with E-state index in [1.165, 1.54) is 31.3 Å². The maximum Gasteiger partial charge on any atom is 0.120 e. The Hall–Kier alpha value is -0.830. The number of nitrogens with two attached hydrogens (primary N) is 1. The van der Waals surface area contributed by atoms with Gasteiger partial charge in [-0.1, -0.05) is 17.4 Å². The number of nitrogens with zero attached hydrogens (tertiary/aromatic N) is 1. The van der Waals surface area contributed by atoms with Gasteiger partial charge in [-0.05, 0) is 31.3 Å². The molecule has 2 rings (SSSR count). The first kappa shape index (κ1) is 7.80. The van der Waals surface area contributed by atoms with Crippen LogP contribution in [0.25, 0.3) is 5.57 Å². The van der Waals surface area contributed by atoms with E-state index in [0.29, 0.717) is 0 Å². The molecule has 1 aliphatic rings. The SMILES string of the molecule is Nc1cnc(C2=CCCCC2)s1. The fourth-order valence-electron chi connectivity index (χ4n) is 1.47. The molecule has 2 nitrogen and oxygen atoms in total. The van der Waals surface area contributed by atoms with Crippen LogP contribution in [-0.2, 0) is 0 Å². The van der Waals surface area contributed by atoms with E-state index in [9.17, 15) is 0 Å². The Morgan fingerprint density at radius 1 is 1.42 bits per heavy atom. The third-order valence-corrected chi connectivity index (χ3v) is 2.99. The van der Waals surface area contributed by atoms with Gasteiger partial charge in [0.05, 0.1) is 6.20 Å². The molecule has 0 saturated carbocycles. The van der Waals surface area contributed by atoms with Crippen molar-refractivity contribution in [1.29, 1.82) is 0 Å². The number of thiazole rings is 1. The second kappa shape index (κ2) is 3.27. The van der Waals surface area contributed by atoms with Crippen molar-refractivity contribution in [3.8, 4) is 0 Å². The van der Waals surface area contributed by atoms with Crippen molar-refractivity contribution in [1.82, 2.24) is 4.98 Å². The lowest BCUT2D eigenvalue weighted by atomic mass is 10.0. The minimum absolute atomic E-state index is 0.816. The Labute approximate surface area is 76.1 Å². The van der Waals surface area contributed by atoms with Crippen molar-refractivity contribution < 1.29 is 0 Å². The molecule has 0 unspecified atom stereocenters. The number of hydrogen-bond donors (Lipinski definition) is 1. The summed E-state index contributed by atoms with van der Waals surface area (Å²) in [6.07, 6.45) is 9.04. The van der Waals surface area contributed by atoms with Crippen LogP contribution in [0, 0.1) is 0 Å². The molecule has 64 valence electrons. The first-order valence-corrected chi connectivity index (χ1v) is 5.08. The summed E-state index contributed by atoms with van der Waals surface area (Å²) in [4.78, 5) is 4.26. The number of hydrogen-bond acceptors (Lipinski definition) is 3. The Kier molecular flexibility index (Phi) is 2.13. The zero-order chi connectivity index (χ0) is 8.39. The third kappa shape index (κ3) is 1.50. The summed E-state index contributed by atoms with van der Waals surface area (Å²) in [5, 5.41) is 1.93. The van der Waals surface area contributed by atoms with Crippen LogP contribution in [0.15, 0.2) is 12.3 Å². The molecule has 0 fully saturated rings. The predicted molar refractivity (Wildman–Crippen MR) is 53.0 cm³/mol. The minimum atomic E-state index is 0.816. The number of nitrogen functional groups attached to an aromatic ring is 1. The lowest BCUT2D eigenvalue weighted by molar-refractivity contribution is 0.741. The molecule has 3 heteroatoms. The summed E-state index contributed by atoms with van der Waals surface area (Å²) < 4.78 is 0. The molecule has 1 aromatic rings. The van der Waals surface area contributed by atoms with Crippen molar-refractivity contribution in [3.05, 3.63) is 17.3 Å². The second-order valence-corrected chi connectivity index (χ2v) is 4.11. The molecule has 0 aliphatic heterocycles. The van der Waals surface area contributed by atoms with Gasteiger partial charge in [0, 0.05) is 0 Å². The Morgan fingerprint density at radius 2 is 2.33 bits per heavy atom. The van der Waals surface area contributed by atoms with Gasteiger partial charge < -0.3 is 5.73 Å². The second-order valence-electron chi connectivity index (χ2n) is 3.04. The minimum Gasteiger partial charge on any atom is -0.389 e. The van der Waals surface area contributed by atoms with Crippen LogP contribution < -0.4 is 5.73 Å². The molecule has 2 N–H and O–H groups in total. The Morgan fingerprint density at radius 3 is 2.92 bits per heavy atom. The topological polar surface area (TPSA) is 38.9 Å². The molecule has 0 amide bonds. The molecule has 0 atom stereocenters. The van der Waals surface area contributed by atoms with Gasteiger partial charge in [0.25, 0.3) is 0 Å². The standard InChI is InChI=1S/C9H12N2S/c10-8-6-11-9(12-8)7-4-2-1-3-5-7/h4,6H,1-3,5,10H2. The predicted octanol–water partition coefficient (Wildman–Crippen LogP) is 2.68. The number of anilines is 1. The molecule has 1 heterocycles. The van der Waals surface area contributed by atoms with Crippen LogP contribution in [0.2, 0.25) is 0 Å². The van der Waals surface area contributed by atoms with Gasteiger partial charge in [-0.25, -0.2) is 4.98 Å². The number of allylic oxidation sites excluding steroid dienone is 2. The molecular formula is C9H12N2S. The fraction of sp³-hybridized carbons (Fsp3) is 0.444. The van der Waals surface area contributed by atoms with Gasteiger partial charge in [0.15, 0.2) is 0 Å². The molecule has 12 heavy (non-hydrogen) atoms. The van der Waals surface area contributed by atoms with E-state index in [0.717, 1.165) is 10.0 Å². The van der Waals surface area contributed by atoms with Gasteiger partial charge >= 0.3 is 0 Å². The lowest BCUT2D eigenvalue weighted by Crippen LogP contribution is -1.90. The molecule has 1 aromatic heterocycles. The first-order chi connectivity index (χ1) is 5.86. The van der Waals surface area contributed by atoms with Crippen molar-refractivity contribution in [3.63, 3.8) is 0 Å². The Bertz CT molecular complexity index is 301. The first-order valence-electron chi connectivity index (χ1n) is 4.27. The summed E-state index contributed by atoms with van der Waals surface area (Å²) in [7, 11) is 0. The van der Waals surface area contributed by atoms with Crippen molar-refractivity contribution in [2.75, 3.05) is 5.73 Å². The van der Waals surface area contributed by atoms with E-state index in [-0.39, 0.29) is 0 Å². The summed E-state index contributed by atoms with van der Waals surface area (Å²) in [5.41, 5.74) is 7.01. The van der Waals surface area contributed by atoms with Gasteiger partial charge in [-0.3, -0.25) is 0 Å². The maximum atomic E-state index is 5.61. The molecule has 0 radical (unpaired) electrons. The third-order valence-electron chi connectivity index (χ3n) is 2.09. The van der Waals surface area contributed by atoms with Gasteiger partial charge in [-0.15, -0.1) is 0 Å². The zero-order valence-corrected chi connectivity index (χ0v) is 7.73. The Balaban J connectivity index is 2.23. The van der Waals surface area contributed by atoms with Crippen LogP contribution in [0.5, 0.6) is 0 Å². The monoisotopic (exact) mass is 180 g/mol. The quantitative estimate of drug-likeness (QED) is 0.721. The van der Waals surface area contributed by atoms with Gasteiger partial charge in [0.1, 0.15) is 10.0 Å². The molecule has 0 saturated heterocycles. The summed E-state index contributed by atoms with van der Waals surface area (Å²) in [6.45, 7) is 0. The van der Waals surface area contributed by atoms with E-state index >= 15 is 0 Å². The highest BCUT2D eigenvalue weighted by molar-refractivity contribution is 7.16. The zero-order valence-electron chi connectivity index (χ0n) is 6.92. The van der Waals surface area contributed by atoms with E-state index in [2.05, 4.69) is 11.1 Å². The van der Waals surface area contributed by atoms with E-state index < -0.39 is 0 Å². The molecule has 0 spiro atoms. The highest BCUT2D eigenvalue weighted by Gasteiger charge is 2.08. The highest BCUT2D eigenvalue weighted by atomic mass is 32.1. The van der Waals surface area contributed by atoms with Gasteiger partial charge in [-0.2, -0.15) is 0 Å². The van der Waals surface area contributed by atoms with Crippen LogP contribution in [0.1, 0.15) is 30.7 Å². The van der Waals surface area contributed by atoms with E-state index in [1.54, 1.807) is 17.5 Å². The lowest BCUT2D eigenvalue weighted by Gasteiger charge is -2.08. The molecule has 0 aromatic carbocycles. The number of rotatable bonds is 1. The molecule has 0 bridgehead atoms. The largest absolute Gasteiger partial charge is 0.389 e. The molecule has 1 aliphatic carbocycles. The van der Waals surface area contributed by atoms with Crippen molar-refractivity contribution in [2.24, 2.45) is 0 Å². The fourth-order valence-corrected chi connectivity index (χ4v) is 2.22. The van der Waals surface area contributed by atoms with Crippen LogP contribution in [0.3, 0.4) is 0 Å².